The molecule has 2 rings (SSSR count). The lowest BCUT2D eigenvalue weighted by Gasteiger charge is -2.18. The molecule has 0 saturated heterocycles. The lowest BCUT2D eigenvalue weighted by Crippen LogP contribution is -2.11. The van der Waals surface area contributed by atoms with Gasteiger partial charge in [0, 0.05) is 37.0 Å². The smallest absolute Gasteiger partial charge is 0.189 e. The highest BCUT2D eigenvalue weighted by molar-refractivity contribution is 6.07. The summed E-state index contributed by atoms with van der Waals surface area (Å²) in [6.07, 6.45) is 1.27. The molecule has 0 fully saturated rings. The summed E-state index contributed by atoms with van der Waals surface area (Å²) in [5.74, 6) is -0.227. The topological polar surface area (TPSA) is 40.5 Å². The molecule has 0 spiro atoms. The van der Waals surface area contributed by atoms with Crippen molar-refractivity contribution in [3.8, 4) is 0 Å². The molecule has 3 heteroatoms. The quantitative estimate of drug-likeness (QED) is 0.497. The number of carbonyl (C=O) groups excluding carboxylic acids is 1. The molecule has 2 aromatic carbocycles. The van der Waals surface area contributed by atoms with Crippen LogP contribution in [0.5, 0.6) is 0 Å². The van der Waals surface area contributed by atoms with Crippen LogP contribution < -0.4 is 4.90 Å². The van der Waals surface area contributed by atoms with Gasteiger partial charge in [-0.05, 0) is 35.2 Å². The SMILES string of the molecule is CN(C)c1ccc(/C(O)=C\C(=O)c2ccc(C(C)(C)C)cc2)cc1. The molecule has 0 aliphatic rings. The van der Waals surface area contributed by atoms with Crippen LogP contribution in [0.3, 0.4) is 0 Å². The summed E-state index contributed by atoms with van der Waals surface area (Å²) in [5, 5.41) is 10.2. The maximum absolute atomic E-state index is 12.3. The molecule has 0 saturated carbocycles. The van der Waals surface area contributed by atoms with E-state index in [0.717, 1.165) is 5.69 Å². The van der Waals surface area contributed by atoms with Gasteiger partial charge in [0.2, 0.25) is 0 Å². The highest BCUT2D eigenvalue weighted by Gasteiger charge is 2.14. The zero-order valence-electron chi connectivity index (χ0n) is 15.0. The van der Waals surface area contributed by atoms with Gasteiger partial charge in [-0.3, -0.25) is 4.79 Å². The van der Waals surface area contributed by atoms with Gasteiger partial charge in [-0.25, -0.2) is 0 Å². The van der Waals surface area contributed by atoms with Crippen molar-refractivity contribution in [1.82, 2.24) is 0 Å². The number of rotatable bonds is 4. The normalized spacial score (nSPS) is 12.1. The molecule has 0 amide bonds. The van der Waals surface area contributed by atoms with Crippen LogP contribution in [0.15, 0.2) is 54.6 Å². The number of nitrogens with zero attached hydrogens (tertiary/aromatic N) is 1. The number of hydrogen-bond acceptors (Lipinski definition) is 3. The van der Waals surface area contributed by atoms with E-state index in [2.05, 4.69) is 20.8 Å². The Morgan fingerprint density at radius 2 is 1.42 bits per heavy atom. The highest BCUT2D eigenvalue weighted by Crippen LogP contribution is 2.23. The fraction of sp³-hybridized carbons (Fsp3) is 0.286. The van der Waals surface area contributed by atoms with Gasteiger partial charge in [-0.1, -0.05) is 45.0 Å². The summed E-state index contributed by atoms with van der Waals surface area (Å²) in [6, 6.07) is 15.0. The lowest BCUT2D eigenvalue weighted by molar-refractivity contribution is 0.104. The third-order valence-corrected chi connectivity index (χ3v) is 3.98. The molecular formula is C21H25NO2. The Bertz CT molecular complexity index is 733. The number of aliphatic hydroxyl groups is 1. The van der Waals surface area contributed by atoms with E-state index >= 15 is 0 Å². The predicted octanol–water partition coefficient (Wildman–Crippen LogP) is 4.83. The fourth-order valence-corrected chi connectivity index (χ4v) is 2.36. The minimum Gasteiger partial charge on any atom is -0.507 e. The first kappa shape index (κ1) is 17.8. The van der Waals surface area contributed by atoms with Crippen LogP contribution in [0.1, 0.15) is 42.3 Å². The van der Waals surface area contributed by atoms with Gasteiger partial charge in [-0.15, -0.1) is 0 Å². The number of anilines is 1. The van der Waals surface area contributed by atoms with E-state index in [0.29, 0.717) is 11.1 Å². The van der Waals surface area contributed by atoms with E-state index in [-0.39, 0.29) is 17.0 Å². The largest absolute Gasteiger partial charge is 0.507 e. The standard InChI is InChI=1S/C21H25NO2/c1-21(2,3)17-10-6-15(7-11-17)19(23)14-20(24)16-8-12-18(13-9-16)22(4)5/h6-14,24H,1-5H3/b20-14+. The summed E-state index contributed by atoms with van der Waals surface area (Å²) in [5.41, 5.74) is 3.45. The average Bonchev–Trinajstić information content (AvgIpc) is 2.54. The molecule has 0 heterocycles. The Morgan fingerprint density at radius 3 is 1.88 bits per heavy atom. The fourth-order valence-electron chi connectivity index (χ4n) is 2.36. The third-order valence-electron chi connectivity index (χ3n) is 3.98. The van der Waals surface area contributed by atoms with Crippen molar-refractivity contribution < 1.29 is 9.90 Å². The van der Waals surface area contributed by atoms with E-state index < -0.39 is 0 Å². The van der Waals surface area contributed by atoms with Crippen LogP contribution in [0, 0.1) is 0 Å². The second-order valence-corrected chi connectivity index (χ2v) is 7.16. The number of carbonyl (C=O) groups is 1. The van der Waals surface area contributed by atoms with E-state index in [9.17, 15) is 9.90 Å². The Kier molecular flexibility index (Phi) is 5.13. The highest BCUT2D eigenvalue weighted by atomic mass is 16.3. The molecule has 0 radical (unpaired) electrons. The van der Waals surface area contributed by atoms with E-state index in [4.69, 9.17) is 0 Å². The Morgan fingerprint density at radius 1 is 0.917 bits per heavy atom. The zero-order chi connectivity index (χ0) is 17.9. The van der Waals surface area contributed by atoms with Crippen molar-refractivity contribution in [2.75, 3.05) is 19.0 Å². The van der Waals surface area contributed by atoms with Gasteiger partial charge in [-0.2, -0.15) is 0 Å². The molecule has 24 heavy (non-hydrogen) atoms. The van der Waals surface area contributed by atoms with Crippen molar-refractivity contribution in [2.45, 2.75) is 26.2 Å². The molecule has 0 aliphatic carbocycles. The molecule has 2 aromatic rings. The van der Waals surface area contributed by atoms with Gasteiger partial charge in [0.25, 0.3) is 0 Å². The second-order valence-electron chi connectivity index (χ2n) is 7.16. The summed E-state index contributed by atoms with van der Waals surface area (Å²) >= 11 is 0. The lowest BCUT2D eigenvalue weighted by atomic mass is 9.86. The molecule has 1 N–H and O–H groups in total. The molecule has 0 aromatic heterocycles. The molecule has 0 aliphatic heterocycles. The Labute approximate surface area is 144 Å². The number of benzene rings is 2. The maximum atomic E-state index is 12.3. The van der Waals surface area contributed by atoms with Crippen LogP contribution in [0.4, 0.5) is 5.69 Å². The first-order valence-corrected chi connectivity index (χ1v) is 8.02. The monoisotopic (exact) mass is 323 g/mol. The Balaban J connectivity index is 2.18. The Hall–Kier alpha value is -2.55. The van der Waals surface area contributed by atoms with Crippen molar-refractivity contribution in [2.24, 2.45) is 0 Å². The number of hydrogen-bond donors (Lipinski definition) is 1. The summed E-state index contributed by atoms with van der Waals surface area (Å²) in [7, 11) is 3.91. The van der Waals surface area contributed by atoms with Crippen molar-refractivity contribution in [3.05, 3.63) is 71.3 Å². The van der Waals surface area contributed by atoms with Crippen molar-refractivity contribution in [3.63, 3.8) is 0 Å². The number of aliphatic hydroxyl groups excluding tert-OH is 1. The minimum absolute atomic E-state index is 0.0230. The van der Waals surface area contributed by atoms with Gasteiger partial charge >= 0.3 is 0 Å². The molecule has 0 unspecified atom stereocenters. The van der Waals surface area contributed by atoms with Gasteiger partial charge in [0.15, 0.2) is 5.78 Å². The second kappa shape index (κ2) is 6.91. The molecule has 126 valence electrons. The van der Waals surface area contributed by atoms with Crippen LogP contribution in [-0.4, -0.2) is 25.0 Å². The first-order valence-electron chi connectivity index (χ1n) is 8.02. The summed E-state index contributed by atoms with van der Waals surface area (Å²) < 4.78 is 0. The average molecular weight is 323 g/mol. The van der Waals surface area contributed by atoms with Gasteiger partial charge in [0.1, 0.15) is 5.76 Å². The minimum atomic E-state index is -0.204. The van der Waals surface area contributed by atoms with Gasteiger partial charge < -0.3 is 10.0 Å². The van der Waals surface area contributed by atoms with Crippen LogP contribution in [0.25, 0.3) is 5.76 Å². The molecule has 0 atom stereocenters. The molecule has 0 bridgehead atoms. The number of allylic oxidation sites excluding steroid dienone is 1. The van der Waals surface area contributed by atoms with E-state index in [1.807, 2.05) is 55.4 Å². The summed E-state index contributed by atoms with van der Waals surface area (Å²) in [4.78, 5) is 14.3. The van der Waals surface area contributed by atoms with Crippen LogP contribution in [-0.2, 0) is 5.41 Å². The third kappa shape index (κ3) is 4.25. The van der Waals surface area contributed by atoms with E-state index in [1.165, 1.54) is 11.6 Å². The number of ketones is 1. The van der Waals surface area contributed by atoms with Crippen LogP contribution in [0.2, 0.25) is 0 Å². The van der Waals surface area contributed by atoms with Gasteiger partial charge in [0.05, 0.1) is 0 Å². The van der Waals surface area contributed by atoms with Crippen molar-refractivity contribution >= 4 is 17.2 Å². The maximum Gasteiger partial charge on any atom is 0.189 e. The predicted molar refractivity (Wildman–Crippen MR) is 101 cm³/mol. The van der Waals surface area contributed by atoms with Crippen molar-refractivity contribution in [1.29, 1.82) is 0 Å². The first-order chi connectivity index (χ1) is 11.2. The molecule has 3 nitrogen and oxygen atoms in total. The van der Waals surface area contributed by atoms with Crippen LogP contribution >= 0.6 is 0 Å². The zero-order valence-corrected chi connectivity index (χ0v) is 15.0. The summed E-state index contributed by atoms with van der Waals surface area (Å²) in [6.45, 7) is 6.40. The van der Waals surface area contributed by atoms with E-state index in [1.54, 1.807) is 12.1 Å². The molecular weight excluding hydrogens is 298 g/mol.